The van der Waals surface area contributed by atoms with Gasteiger partial charge >= 0.3 is 11.9 Å². The van der Waals surface area contributed by atoms with Crippen molar-refractivity contribution in [3.63, 3.8) is 0 Å². The molecule has 0 radical (unpaired) electrons. The molecule has 0 unspecified atom stereocenters. The van der Waals surface area contributed by atoms with Gasteiger partial charge < -0.3 is 9.47 Å². The third-order valence-corrected chi connectivity index (χ3v) is 14.1. The maximum absolute atomic E-state index is 14.5. The van der Waals surface area contributed by atoms with Crippen LogP contribution in [0.5, 0.6) is 0 Å². The van der Waals surface area contributed by atoms with E-state index in [1.807, 2.05) is 0 Å². The van der Waals surface area contributed by atoms with Crippen molar-refractivity contribution in [2.45, 2.75) is 126 Å². The van der Waals surface area contributed by atoms with Crippen LogP contribution in [-0.4, -0.2) is 30.9 Å². The summed E-state index contributed by atoms with van der Waals surface area (Å²) in [6.07, 6.45) is 9.55. The third-order valence-electron chi connectivity index (χ3n) is 14.1. The molecule has 0 spiro atoms. The molecule has 5 aliphatic rings. The van der Waals surface area contributed by atoms with Crippen LogP contribution in [0.15, 0.2) is 0 Å². The Morgan fingerprint density at radius 3 is 2.11 bits per heavy atom. The Balaban J connectivity index is 1.52. The van der Waals surface area contributed by atoms with E-state index in [-0.39, 0.29) is 57.0 Å². The van der Waals surface area contributed by atoms with Gasteiger partial charge in [-0.3, -0.25) is 14.4 Å². The highest BCUT2D eigenvalue weighted by molar-refractivity contribution is 5.85. The van der Waals surface area contributed by atoms with Crippen molar-refractivity contribution in [2.24, 2.45) is 56.2 Å². The van der Waals surface area contributed by atoms with Crippen molar-refractivity contribution in [3.8, 4) is 0 Å². The van der Waals surface area contributed by atoms with E-state index in [2.05, 4.69) is 48.5 Å². The van der Waals surface area contributed by atoms with Gasteiger partial charge in [0, 0.05) is 24.7 Å². The van der Waals surface area contributed by atoms with Crippen molar-refractivity contribution in [1.29, 1.82) is 0 Å². The summed E-state index contributed by atoms with van der Waals surface area (Å²) in [6.45, 7) is 18.0. The fraction of sp³-hybridized carbons (Fsp3) is 0.909. The van der Waals surface area contributed by atoms with Crippen molar-refractivity contribution >= 4 is 17.7 Å². The Labute approximate surface area is 230 Å². The van der Waals surface area contributed by atoms with Crippen LogP contribution < -0.4 is 0 Å². The Morgan fingerprint density at radius 1 is 0.816 bits per heavy atom. The topological polar surface area (TPSA) is 69.7 Å². The molecule has 5 fully saturated rings. The Kier molecular flexibility index (Phi) is 6.34. The highest BCUT2D eigenvalue weighted by atomic mass is 16.5. The average Bonchev–Trinajstić information content (AvgIpc) is 2.83. The first-order chi connectivity index (χ1) is 17.5. The summed E-state index contributed by atoms with van der Waals surface area (Å²) in [7, 11) is 1.50. The van der Waals surface area contributed by atoms with Gasteiger partial charge in [-0.1, -0.05) is 41.5 Å². The number of carbonyl (C=O) groups is 3. The molecule has 5 rings (SSSR count). The highest BCUT2D eigenvalue weighted by Crippen LogP contribution is 2.76. The Morgan fingerprint density at radius 2 is 1.47 bits per heavy atom. The van der Waals surface area contributed by atoms with Crippen LogP contribution in [0.2, 0.25) is 0 Å². The lowest BCUT2D eigenvalue weighted by atomic mass is 9.31. The molecule has 0 heterocycles. The SMILES string of the molecule is COC(=O)[C@@]1(C)CC[C@]2(C)CC[C@]3(C)[C@H](C(=O)C[C@@H]4[C@@]5(C)CC[C@H](OC(C)=O)C(C)(C)[C@@H]5CC[C@]43C)[C@@H]2C1. The summed E-state index contributed by atoms with van der Waals surface area (Å²) in [5, 5.41) is 0. The number of carbonyl (C=O) groups excluding carboxylic acids is 3. The number of hydrogen-bond acceptors (Lipinski definition) is 5. The second-order valence-electron chi connectivity index (χ2n) is 16.1. The number of esters is 2. The molecule has 0 saturated heterocycles. The molecule has 0 amide bonds. The van der Waals surface area contributed by atoms with Crippen LogP contribution in [0.3, 0.4) is 0 Å². The Hall–Kier alpha value is -1.39. The lowest BCUT2D eigenvalue weighted by molar-refractivity contribution is -0.246. The van der Waals surface area contributed by atoms with Gasteiger partial charge in [0.1, 0.15) is 11.9 Å². The normalized spacial score (nSPS) is 51.5. The molecule has 0 N–H and O–H groups in total. The van der Waals surface area contributed by atoms with Gasteiger partial charge in [0.2, 0.25) is 0 Å². The lowest BCUT2D eigenvalue weighted by Gasteiger charge is -2.73. The lowest BCUT2D eigenvalue weighted by Crippen LogP contribution is -2.69. The summed E-state index contributed by atoms with van der Waals surface area (Å²) >= 11 is 0. The molecule has 0 aliphatic heterocycles. The van der Waals surface area contributed by atoms with Gasteiger partial charge in [0.25, 0.3) is 0 Å². The summed E-state index contributed by atoms with van der Waals surface area (Å²) in [4.78, 5) is 39.3. The largest absolute Gasteiger partial charge is 0.469 e. The number of Topliss-reactive ketones (excluding diaryl/α,β-unsaturated/α-hetero) is 1. The molecule has 10 atom stereocenters. The van der Waals surface area contributed by atoms with E-state index in [1.54, 1.807) is 0 Å². The molecule has 0 aromatic heterocycles. The first-order valence-electron chi connectivity index (χ1n) is 15.3. The van der Waals surface area contributed by atoms with Crippen molar-refractivity contribution in [3.05, 3.63) is 0 Å². The van der Waals surface area contributed by atoms with E-state index in [4.69, 9.17) is 9.47 Å². The quantitative estimate of drug-likeness (QED) is 0.356. The van der Waals surface area contributed by atoms with E-state index >= 15 is 0 Å². The molecule has 5 heteroatoms. The second-order valence-corrected chi connectivity index (χ2v) is 16.1. The fourth-order valence-corrected chi connectivity index (χ4v) is 11.6. The van der Waals surface area contributed by atoms with Gasteiger partial charge in [-0.2, -0.15) is 0 Å². The minimum Gasteiger partial charge on any atom is -0.469 e. The van der Waals surface area contributed by atoms with Crippen LogP contribution in [-0.2, 0) is 23.9 Å². The van der Waals surface area contributed by atoms with Crippen LogP contribution >= 0.6 is 0 Å². The number of fused-ring (bicyclic) bond motifs is 7. The molecular weight excluding hydrogens is 476 g/mol. The maximum atomic E-state index is 14.5. The van der Waals surface area contributed by atoms with Gasteiger partial charge in [-0.15, -0.1) is 0 Å². The summed E-state index contributed by atoms with van der Waals surface area (Å²) < 4.78 is 11.1. The minimum absolute atomic E-state index is 0.0114. The van der Waals surface area contributed by atoms with Gasteiger partial charge in [0.15, 0.2) is 0 Å². The minimum atomic E-state index is -0.502. The number of ether oxygens (including phenoxy) is 2. The van der Waals surface area contributed by atoms with Crippen LogP contribution in [0.1, 0.15) is 120 Å². The van der Waals surface area contributed by atoms with Crippen molar-refractivity contribution in [1.82, 2.24) is 0 Å². The molecule has 5 saturated carbocycles. The standard InChI is InChI=1S/C33H52O5/c1-20(34)38-25-11-12-31(6)23(28(25,2)3)10-13-32(7)24(31)18-22(35)26-21-19-30(5,27(36)37-9)15-14-29(21,4)16-17-33(26,32)8/h21,23-26H,10-19H2,1-9H3/t21-,23-,24+,25-,26-,29+,30-,31-,32+,33+/m0/s1. The summed E-state index contributed by atoms with van der Waals surface area (Å²) in [5.41, 5.74) is -0.458. The molecule has 5 nitrogen and oxygen atoms in total. The number of ketones is 1. The van der Waals surface area contributed by atoms with Crippen molar-refractivity contribution < 1.29 is 23.9 Å². The molecule has 214 valence electrons. The zero-order chi connectivity index (χ0) is 28.1. The first kappa shape index (κ1) is 28.1. The van der Waals surface area contributed by atoms with Gasteiger partial charge in [-0.25, -0.2) is 0 Å². The predicted molar refractivity (Wildman–Crippen MR) is 147 cm³/mol. The van der Waals surface area contributed by atoms with Crippen LogP contribution in [0.25, 0.3) is 0 Å². The molecular formula is C33H52O5. The van der Waals surface area contributed by atoms with Crippen LogP contribution in [0, 0.1) is 56.2 Å². The third kappa shape index (κ3) is 3.57. The number of rotatable bonds is 2. The molecule has 5 aliphatic carbocycles. The highest BCUT2D eigenvalue weighted by Gasteiger charge is 2.72. The van der Waals surface area contributed by atoms with Gasteiger partial charge in [0.05, 0.1) is 12.5 Å². The average molecular weight is 529 g/mol. The molecule has 0 bridgehead atoms. The smallest absolute Gasteiger partial charge is 0.311 e. The monoisotopic (exact) mass is 528 g/mol. The maximum Gasteiger partial charge on any atom is 0.311 e. The summed E-state index contributed by atoms with van der Waals surface area (Å²) in [6, 6.07) is 0. The van der Waals surface area contributed by atoms with E-state index in [1.165, 1.54) is 14.0 Å². The van der Waals surface area contributed by atoms with E-state index in [0.717, 1.165) is 57.8 Å². The van der Waals surface area contributed by atoms with E-state index in [0.29, 0.717) is 24.0 Å². The number of hydrogen-bond donors (Lipinski definition) is 0. The zero-order valence-electron chi connectivity index (χ0n) is 25.5. The molecule has 38 heavy (non-hydrogen) atoms. The number of methoxy groups -OCH3 is 1. The second kappa shape index (κ2) is 8.56. The van der Waals surface area contributed by atoms with Crippen LogP contribution in [0.4, 0.5) is 0 Å². The van der Waals surface area contributed by atoms with E-state index in [9.17, 15) is 14.4 Å². The molecule has 0 aromatic carbocycles. The Bertz CT molecular complexity index is 1030. The van der Waals surface area contributed by atoms with Gasteiger partial charge in [-0.05, 0) is 104 Å². The van der Waals surface area contributed by atoms with Crippen molar-refractivity contribution in [2.75, 3.05) is 7.11 Å². The zero-order valence-corrected chi connectivity index (χ0v) is 25.5. The predicted octanol–water partition coefficient (Wildman–Crippen LogP) is 7.15. The first-order valence-corrected chi connectivity index (χ1v) is 15.3. The van der Waals surface area contributed by atoms with E-state index < -0.39 is 5.41 Å². The molecule has 0 aromatic rings. The summed E-state index contributed by atoms with van der Waals surface area (Å²) in [5.74, 6) is 1.14. The fourth-order valence-electron chi connectivity index (χ4n) is 11.6.